The lowest BCUT2D eigenvalue weighted by atomic mass is 9.96. The van der Waals surface area contributed by atoms with E-state index in [2.05, 4.69) is 15.0 Å². The molecule has 4 aromatic rings. The second-order valence-corrected chi connectivity index (χ2v) is 12.2. The predicted octanol–water partition coefficient (Wildman–Crippen LogP) is 3.65. The number of imidazole rings is 1. The number of halogens is 4. The SMILES string of the molecule is COc1ccc(OP(=S)(OC[C@@]2(C(F)F)O[C@@H](n3cnc4c(=O)[nH]c(N)nc43)C(F)(F)[C@H]2O)Oc2ccc(OC)cc2)cc1. The fraction of sp³-hybridized carbons (Fsp3) is 0.320. The maximum atomic E-state index is 15.5. The van der Waals surface area contributed by atoms with Crippen molar-refractivity contribution >= 4 is 35.6 Å². The molecule has 3 heterocycles. The molecule has 0 radical (unpaired) electrons. The predicted molar refractivity (Wildman–Crippen MR) is 150 cm³/mol. The Bertz CT molecular complexity index is 1690. The standard InChI is InChI=1S/C25H24F4N5O8PS/c1-37-13-3-7-15(8-4-13)41-43(44,42-16-9-5-14(38-2)6-10-16)39-11-24(21(26)27)20(36)25(28,29)22(40-24)34-12-31-17-18(34)32-23(30)33-19(17)35/h3-10,12,20-22,36H,11H2,1-2H3,(H3,30,32,33,35)/t20-,22+,24+/m0/s1. The van der Waals surface area contributed by atoms with Crippen molar-refractivity contribution in [3.05, 3.63) is 65.2 Å². The molecule has 2 aromatic heterocycles. The van der Waals surface area contributed by atoms with E-state index in [1.807, 2.05) is 0 Å². The highest BCUT2D eigenvalue weighted by Crippen LogP contribution is 2.55. The van der Waals surface area contributed by atoms with Crippen LogP contribution in [0, 0.1) is 0 Å². The van der Waals surface area contributed by atoms with Crippen molar-refractivity contribution in [2.24, 2.45) is 0 Å². The number of aromatic nitrogens is 4. The van der Waals surface area contributed by atoms with Crippen molar-refractivity contribution in [1.29, 1.82) is 0 Å². The Balaban J connectivity index is 1.49. The van der Waals surface area contributed by atoms with Gasteiger partial charge >= 0.3 is 12.6 Å². The Hall–Kier alpha value is -3.96. The number of nitrogens with zero attached hydrogens (tertiary/aromatic N) is 3. The first-order chi connectivity index (χ1) is 20.8. The number of hydrogen-bond acceptors (Lipinski definition) is 12. The molecule has 4 N–H and O–H groups in total. The van der Waals surface area contributed by atoms with E-state index in [0.717, 1.165) is 6.33 Å². The van der Waals surface area contributed by atoms with Gasteiger partial charge < -0.3 is 34.1 Å². The van der Waals surface area contributed by atoms with E-state index in [-0.39, 0.29) is 11.5 Å². The molecule has 0 amide bonds. The maximum Gasteiger partial charge on any atom is 0.435 e. The smallest absolute Gasteiger partial charge is 0.435 e. The van der Waals surface area contributed by atoms with E-state index in [4.69, 9.17) is 45.3 Å². The molecule has 3 atom stereocenters. The zero-order valence-corrected chi connectivity index (χ0v) is 24.4. The summed E-state index contributed by atoms with van der Waals surface area (Å²) < 4.78 is 93.5. The highest BCUT2D eigenvalue weighted by atomic mass is 32.5. The number of aliphatic hydroxyl groups excluding tert-OH is 1. The van der Waals surface area contributed by atoms with Gasteiger partial charge in [-0.15, -0.1) is 0 Å². The number of methoxy groups -OCH3 is 2. The third-order valence-electron chi connectivity index (χ3n) is 6.56. The Morgan fingerprint density at radius 1 is 1.07 bits per heavy atom. The molecular formula is C25H24F4N5O8PS. The first-order valence-corrected chi connectivity index (χ1v) is 15.0. The summed E-state index contributed by atoms with van der Waals surface area (Å²) in [7, 11) is 2.87. The second kappa shape index (κ2) is 11.9. The number of nitrogen functional groups attached to an aromatic ring is 1. The van der Waals surface area contributed by atoms with Crippen LogP contribution in [0.1, 0.15) is 6.23 Å². The van der Waals surface area contributed by atoms with Gasteiger partial charge in [0, 0.05) is 11.8 Å². The summed E-state index contributed by atoms with van der Waals surface area (Å²) in [5.74, 6) is -3.78. The van der Waals surface area contributed by atoms with Crippen molar-refractivity contribution in [3.63, 3.8) is 0 Å². The number of aliphatic hydroxyl groups is 1. The molecule has 0 bridgehead atoms. The minimum atomic E-state index is -4.39. The van der Waals surface area contributed by atoms with Crippen molar-refractivity contribution in [2.75, 3.05) is 26.6 Å². The van der Waals surface area contributed by atoms with Crippen molar-refractivity contribution in [1.82, 2.24) is 19.5 Å². The summed E-state index contributed by atoms with van der Waals surface area (Å²) in [6.45, 7) is -5.57. The molecule has 13 nitrogen and oxygen atoms in total. The lowest BCUT2D eigenvalue weighted by molar-refractivity contribution is -0.191. The fourth-order valence-corrected chi connectivity index (χ4v) is 6.23. The van der Waals surface area contributed by atoms with E-state index in [9.17, 15) is 18.7 Å². The number of aromatic amines is 1. The summed E-state index contributed by atoms with van der Waals surface area (Å²) in [5.41, 5.74) is 0.372. The van der Waals surface area contributed by atoms with Crippen LogP contribution in [0.2, 0.25) is 0 Å². The number of ether oxygens (including phenoxy) is 3. The zero-order chi connectivity index (χ0) is 31.9. The van der Waals surface area contributed by atoms with Gasteiger partial charge in [-0.25, -0.2) is 13.8 Å². The molecular weight excluding hydrogens is 637 g/mol. The molecule has 236 valence electrons. The number of nitrogens with one attached hydrogen (secondary N) is 1. The number of fused-ring (bicyclic) bond motifs is 1. The van der Waals surface area contributed by atoms with Crippen LogP contribution >= 0.6 is 6.72 Å². The van der Waals surface area contributed by atoms with E-state index in [1.54, 1.807) is 0 Å². The highest BCUT2D eigenvalue weighted by Gasteiger charge is 2.71. The Kier molecular flexibility index (Phi) is 8.48. The molecule has 19 heteroatoms. The monoisotopic (exact) mass is 661 g/mol. The molecule has 1 aliphatic heterocycles. The van der Waals surface area contributed by atoms with Crippen LogP contribution in [-0.4, -0.2) is 69.5 Å². The third kappa shape index (κ3) is 5.78. The van der Waals surface area contributed by atoms with Crippen LogP contribution in [0.5, 0.6) is 23.0 Å². The first kappa shape index (κ1) is 31.5. The Labute approximate surface area is 250 Å². The number of alkyl halides is 4. The number of rotatable bonds is 11. The molecule has 1 fully saturated rings. The molecule has 1 aliphatic rings. The quantitative estimate of drug-likeness (QED) is 0.158. The minimum Gasteiger partial charge on any atom is -0.497 e. The van der Waals surface area contributed by atoms with Crippen LogP contribution in [0.15, 0.2) is 59.7 Å². The lowest BCUT2D eigenvalue weighted by Gasteiger charge is -2.32. The largest absolute Gasteiger partial charge is 0.497 e. The molecule has 0 spiro atoms. The number of benzene rings is 2. The lowest BCUT2D eigenvalue weighted by Crippen LogP contribution is -2.54. The van der Waals surface area contributed by atoms with Crippen molar-refractivity contribution in [3.8, 4) is 23.0 Å². The van der Waals surface area contributed by atoms with E-state index in [1.165, 1.54) is 62.8 Å². The zero-order valence-electron chi connectivity index (χ0n) is 22.7. The van der Waals surface area contributed by atoms with Gasteiger partial charge in [0.15, 0.2) is 22.9 Å². The molecule has 2 aromatic carbocycles. The van der Waals surface area contributed by atoms with Gasteiger partial charge in [0.2, 0.25) is 12.2 Å². The van der Waals surface area contributed by atoms with Gasteiger partial charge in [-0.05, 0) is 48.5 Å². The molecule has 0 unspecified atom stereocenters. The molecule has 1 saturated heterocycles. The molecule has 44 heavy (non-hydrogen) atoms. The normalized spacial score (nSPS) is 21.5. The number of nitrogens with two attached hydrogens (primary N) is 1. The molecule has 0 aliphatic carbocycles. The summed E-state index contributed by atoms with van der Waals surface area (Å²) in [5, 5.41) is 10.7. The fourth-order valence-electron chi connectivity index (χ4n) is 4.30. The van der Waals surface area contributed by atoms with Crippen LogP contribution in [0.3, 0.4) is 0 Å². The number of hydrogen-bond donors (Lipinski definition) is 3. The Morgan fingerprint density at radius 3 is 2.09 bits per heavy atom. The molecule has 0 saturated carbocycles. The topological polar surface area (TPSA) is 165 Å². The van der Waals surface area contributed by atoms with Gasteiger partial charge in [-0.1, -0.05) is 0 Å². The van der Waals surface area contributed by atoms with Crippen LogP contribution < -0.4 is 29.8 Å². The Morgan fingerprint density at radius 2 is 1.59 bits per heavy atom. The number of H-pyrrole nitrogens is 1. The van der Waals surface area contributed by atoms with Crippen LogP contribution in [-0.2, 0) is 21.1 Å². The summed E-state index contributed by atoms with van der Waals surface area (Å²) in [6.07, 6.45) is -8.79. The van der Waals surface area contributed by atoms with Gasteiger partial charge in [0.1, 0.15) is 23.0 Å². The number of anilines is 1. The van der Waals surface area contributed by atoms with Gasteiger partial charge in [-0.2, -0.15) is 13.8 Å². The van der Waals surface area contributed by atoms with E-state index < -0.39 is 66.3 Å². The second-order valence-electron chi connectivity index (χ2n) is 9.33. The van der Waals surface area contributed by atoms with Crippen molar-refractivity contribution in [2.45, 2.75) is 30.3 Å². The van der Waals surface area contributed by atoms with E-state index in [0.29, 0.717) is 16.1 Å². The van der Waals surface area contributed by atoms with Crippen LogP contribution in [0.4, 0.5) is 23.5 Å². The summed E-state index contributed by atoms with van der Waals surface area (Å²) in [4.78, 5) is 21.8. The average molecular weight is 662 g/mol. The first-order valence-electron chi connectivity index (χ1n) is 12.5. The average Bonchev–Trinajstić information content (AvgIpc) is 3.49. The van der Waals surface area contributed by atoms with Gasteiger partial charge in [0.05, 0.1) is 27.2 Å². The molecule has 5 rings (SSSR count). The van der Waals surface area contributed by atoms with Gasteiger partial charge in [0.25, 0.3) is 12.0 Å². The van der Waals surface area contributed by atoms with Crippen molar-refractivity contribution < 1.29 is 50.5 Å². The van der Waals surface area contributed by atoms with Crippen LogP contribution in [0.25, 0.3) is 11.2 Å². The third-order valence-corrected chi connectivity index (χ3v) is 8.64. The van der Waals surface area contributed by atoms with Gasteiger partial charge in [-0.3, -0.25) is 18.9 Å². The maximum absolute atomic E-state index is 15.5. The minimum absolute atomic E-state index is 0.0728. The van der Waals surface area contributed by atoms with E-state index >= 15 is 8.78 Å². The highest BCUT2D eigenvalue weighted by molar-refractivity contribution is 8.07. The summed E-state index contributed by atoms with van der Waals surface area (Å²) in [6, 6.07) is 11.8. The summed E-state index contributed by atoms with van der Waals surface area (Å²) >= 11 is 5.49.